The maximum atomic E-state index is 12.4. The second-order valence-electron chi connectivity index (χ2n) is 6.02. The summed E-state index contributed by atoms with van der Waals surface area (Å²) in [6, 6.07) is 15.0. The largest absolute Gasteiger partial charge is 0.497 e. The van der Waals surface area contributed by atoms with Crippen molar-refractivity contribution in [2.24, 2.45) is 0 Å². The van der Waals surface area contributed by atoms with Gasteiger partial charge in [0.2, 0.25) is 11.1 Å². The Bertz CT molecular complexity index is 922. The highest BCUT2D eigenvalue weighted by Crippen LogP contribution is 2.26. The van der Waals surface area contributed by atoms with Crippen LogP contribution in [0.5, 0.6) is 5.75 Å². The molecule has 0 spiro atoms. The second kappa shape index (κ2) is 8.13. The Labute approximate surface area is 161 Å². The van der Waals surface area contributed by atoms with Gasteiger partial charge in [-0.1, -0.05) is 41.6 Å². The minimum Gasteiger partial charge on any atom is -0.497 e. The zero-order valence-electron chi connectivity index (χ0n) is 15.3. The third-order valence-electron chi connectivity index (χ3n) is 3.98. The Hall–Kier alpha value is -3.00. The van der Waals surface area contributed by atoms with Gasteiger partial charge < -0.3 is 15.9 Å². The number of aromatic nitrogens is 3. The second-order valence-corrected chi connectivity index (χ2v) is 7.33. The summed E-state index contributed by atoms with van der Waals surface area (Å²) in [7, 11) is 1.60. The van der Waals surface area contributed by atoms with Gasteiger partial charge in [-0.25, -0.2) is 4.68 Å². The molecule has 2 aromatic carbocycles. The van der Waals surface area contributed by atoms with Gasteiger partial charge in [0.05, 0.1) is 12.4 Å². The molecule has 1 amide bonds. The molecule has 3 rings (SSSR count). The molecule has 3 N–H and O–H groups in total. The number of rotatable bonds is 6. The Kier molecular flexibility index (Phi) is 5.66. The molecule has 1 heterocycles. The van der Waals surface area contributed by atoms with Gasteiger partial charge in [0.15, 0.2) is 5.82 Å². The van der Waals surface area contributed by atoms with Gasteiger partial charge in [0.25, 0.3) is 0 Å². The van der Waals surface area contributed by atoms with Crippen molar-refractivity contribution in [3.63, 3.8) is 0 Å². The van der Waals surface area contributed by atoms with Crippen molar-refractivity contribution in [2.75, 3.05) is 18.3 Å². The fourth-order valence-corrected chi connectivity index (χ4v) is 3.16. The van der Waals surface area contributed by atoms with Crippen LogP contribution in [0, 0.1) is 6.92 Å². The molecule has 0 bridgehead atoms. The summed E-state index contributed by atoms with van der Waals surface area (Å²) < 4.78 is 6.52. The number of nitrogens with one attached hydrogen (secondary N) is 1. The molecule has 0 saturated heterocycles. The number of methoxy groups -OCH3 is 1. The molecule has 0 aliphatic heterocycles. The van der Waals surface area contributed by atoms with Gasteiger partial charge in [-0.2, -0.15) is 0 Å². The molecule has 27 heavy (non-hydrogen) atoms. The van der Waals surface area contributed by atoms with Gasteiger partial charge in [-0.3, -0.25) is 4.79 Å². The molecule has 8 heteroatoms. The molecule has 140 valence electrons. The summed E-state index contributed by atoms with van der Waals surface area (Å²) in [6.45, 7) is 3.81. The van der Waals surface area contributed by atoms with Gasteiger partial charge in [0, 0.05) is 11.3 Å². The van der Waals surface area contributed by atoms with Crippen LogP contribution in [-0.4, -0.2) is 33.1 Å². The number of carbonyl (C=O) groups excluding carboxylic acids is 1. The van der Waals surface area contributed by atoms with Crippen LogP contribution in [0.1, 0.15) is 12.5 Å². The van der Waals surface area contributed by atoms with Crippen LogP contribution < -0.4 is 15.9 Å². The average molecular weight is 383 g/mol. The molecule has 0 aliphatic rings. The summed E-state index contributed by atoms with van der Waals surface area (Å²) in [5.41, 5.74) is 2.72. The lowest BCUT2D eigenvalue weighted by molar-refractivity contribution is -0.115. The highest BCUT2D eigenvalue weighted by atomic mass is 32.2. The number of nitrogens with two attached hydrogens (primary N) is 1. The number of amides is 1. The number of anilines is 1. The van der Waals surface area contributed by atoms with Gasteiger partial charge >= 0.3 is 0 Å². The monoisotopic (exact) mass is 383 g/mol. The maximum absolute atomic E-state index is 12.4. The quantitative estimate of drug-likeness (QED) is 0.502. The number of hydrogen-bond acceptors (Lipinski definition) is 6. The predicted molar refractivity (Wildman–Crippen MR) is 107 cm³/mol. The van der Waals surface area contributed by atoms with Crippen LogP contribution in [0.25, 0.3) is 11.4 Å². The molecule has 0 unspecified atom stereocenters. The summed E-state index contributed by atoms with van der Waals surface area (Å²) in [5, 5.41) is 11.2. The van der Waals surface area contributed by atoms with Gasteiger partial charge in [-0.15, -0.1) is 10.2 Å². The van der Waals surface area contributed by atoms with Crippen molar-refractivity contribution in [3.8, 4) is 17.1 Å². The van der Waals surface area contributed by atoms with E-state index in [1.165, 1.54) is 16.4 Å². The molecule has 1 atom stereocenters. The Morgan fingerprint density at radius 1 is 1.15 bits per heavy atom. The molecule has 7 nitrogen and oxygen atoms in total. The third kappa shape index (κ3) is 4.40. The molecular formula is C19H21N5O2S. The lowest BCUT2D eigenvalue weighted by Gasteiger charge is -2.12. The van der Waals surface area contributed by atoms with Crippen LogP contribution in [0.4, 0.5) is 5.69 Å². The van der Waals surface area contributed by atoms with Crippen LogP contribution in [-0.2, 0) is 4.79 Å². The summed E-state index contributed by atoms with van der Waals surface area (Å²) in [5.74, 6) is 7.27. The van der Waals surface area contributed by atoms with E-state index in [2.05, 4.69) is 15.5 Å². The normalized spacial score (nSPS) is 11.8. The molecule has 3 aromatic rings. The zero-order chi connectivity index (χ0) is 19.4. The number of nitrogens with zero attached hydrogens (tertiary/aromatic N) is 3. The summed E-state index contributed by atoms with van der Waals surface area (Å²) in [6.07, 6.45) is 0. The maximum Gasteiger partial charge on any atom is 0.237 e. The van der Waals surface area contributed by atoms with E-state index in [0.717, 1.165) is 16.9 Å². The SMILES string of the molecule is COc1ccc(NC(=O)[C@@H](C)Sc2nnc(-c3ccc(C)cc3)n2N)cc1. The van der Waals surface area contributed by atoms with Gasteiger partial charge in [0.1, 0.15) is 5.75 Å². The van der Waals surface area contributed by atoms with Crippen molar-refractivity contribution in [3.05, 3.63) is 54.1 Å². The highest BCUT2D eigenvalue weighted by Gasteiger charge is 2.20. The first-order valence-corrected chi connectivity index (χ1v) is 9.25. The lowest BCUT2D eigenvalue weighted by Crippen LogP contribution is -2.23. The minimum absolute atomic E-state index is 0.148. The number of aryl methyl sites for hydroxylation is 1. The molecule has 0 saturated carbocycles. The van der Waals surface area contributed by atoms with Crippen LogP contribution in [0.3, 0.4) is 0 Å². The topological polar surface area (TPSA) is 95.1 Å². The standard InChI is InChI=1S/C19H21N5O2S/c1-12-4-6-14(7-5-12)17-22-23-19(24(17)20)27-13(2)18(25)21-15-8-10-16(26-3)11-9-15/h4-11,13H,20H2,1-3H3,(H,21,25)/t13-/m1/s1. The number of benzene rings is 2. The van der Waals surface area contributed by atoms with E-state index in [4.69, 9.17) is 10.6 Å². The van der Waals surface area contributed by atoms with E-state index in [1.54, 1.807) is 38.3 Å². The van der Waals surface area contributed by atoms with E-state index in [-0.39, 0.29) is 5.91 Å². The van der Waals surface area contributed by atoms with Crippen molar-refractivity contribution < 1.29 is 9.53 Å². The predicted octanol–water partition coefficient (Wildman–Crippen LogP) is 3.10. The zero-order valence-corrected chi connectivity index (χ0v) is 16.2. The fraction of sp³-hybridized carbons (Fsp3) is 0.211. The minimum atomic E-state index is -0.399. The number of thioether (sulfide) groups is 1. The van der Waals surface area contributed by atoms with Crippen LogP contribution >= 0.6 is 11.8 Å². The Morgan fingerprint density at radius 2 is 1.81 bits per heavy atom. The smallest absolute Gasteiger partial charge is 0.237 e. The van der Waals surface area contributed by atoms with Crippen molar-refractivity contribution >= 4 is 23.4 Å². The lowest BCUT2D eigenvalue weighted by atomic mass is 10.1. The first-order valence-electron chi connectivity index (χ1n) is 8.37. The van der Waals surface area contributed by atoms with E-state index >= 15 is 0 Å². The summed E-state index contributed by atoms with van der Waals surface area (Å²) >= 11 is 1.25. The van der Waals surface area contributed by atoms with E-state index in [1.807, 2.05) is 31.2 Å². The van der Waals surface area contributed by atoms with Crippen molar-refractivity contribution in [1.29, 1.82) is 0 Å². The summed E-state index contributed by atoms with van der Waals surface area (Å²) in [4.78, 5) is 12.4. The molecule has 0 aliphatic carbocycles. The molecule has 0 fully saturated rings. The third-order valence-corrected chi connectivity index (χ3v) is 5.04. The van der Waals surface area contributed by atoms with Crippen LogP contribution in [0.2, 0.25) is 0 Å². The number of carbonyl (C=O) groups is 1. The molecular weight excluding hydrogens is 362 g/mol. The first-order chi connectivity index (χ1) is 13.0. The number of nitrogen functional groups attached to an aromatic ring is 1. The van der Waals surface area contributed by atoms with Crippen molar-refractivity contribution in [1.82, 2.24) is 14.9 Å². The van der Waals surface area contributed by atoms with Gasteiger partial charge in [-0.05, 0) is 38.1 Å². The fourth-order valence-electron chi connectivity index (χ4n) is 2.39. The van der Waals surface area contributed by atoms with E-state index in [9.17, 15) is 4.79 Å². The van der Waals surface area contributed by atoms with E-state index < -0.39 is 5.25 Å². The average Bonchev–Trinajstić information content (AvgIpc) is 3.03. The Balaban J connectivity index is 1.67. The Morgan fingerprint density at radius 3 is 2.44 bits per heavy atom. The van der Waals surface area contributed by atoms with Crippen LogP contribution in [0.15, 0.2) is 53.7 Å². The highest BCUT2D eigenvalue weighted by molar-refractivity contribution is 8.00. The molecule has 1 aromatic heterocycles. The molecule has 0 radical (unpaired) electrons. The first kappa shape index (κ1) is 18.8. The number of ether oxygens (including phenoxy) is 1. The van der Waals surface area contributed by atoms with E-state index in [0.29, 0.717) is 16.7 Å². The number of hydrogen-bond donors (Lipinski definition) is 2. The van der Waals surface area contributed by atoms with Crippen molar-refractivity contribution in [2.45, 2.75) is 24.3 Å².